The van der Waals surface area contributed by atoms with E-state index in [-0.39, 0.29) is 5.91 Å². The number of fused-ring (bicyclic) bond motifs is 3. The summed E-state index contributed by atoms with van der Waals surface area (Å²) in [5.41, 5.74) is 1.93. The average Bonchev–Trinajstić information content (AvgIpc) is 3.01. The van der Waals surface area contributed by atoms with Gasteiger partial charge in [0.1, 0.15) is 0 Å². The Hall–Kier alpha value is -1.77. The van der Waals surface area contributed by atoms with Gasteiger partial charge in [-0.2, -0.15) is 0 Å². The summed E-state index contributed by atoms with van der Waals surface area (Å²) in [5.74, 6) is 0.969. The fourth-order valence-electron chi connectivity index (χ4n) is 3.74. The van der Waals surface area contributed by atoms with Crippen molar-refractivity contribution in [3.63, 3.8) is 0 Å². The topological polar surface area (TPSA) is 36.1 Å². The van der Waals surface area contributed by atoms with Crippen LogP contribution in [0.5, 0.6) is 0 Å². The fraction of sp³-hybridized carbons (Fsp3) is 0.438. The molecule has 2 heterocycles. The number of hydrogen-bond acceptors (Lipinski definition) is 1. The minimum atomic E-state index is 0.220. The van der Waals surface area contributed by atoms with Crippen LogP contribution in [0.15, 0.2) is 30.5 Å². The lowest BCUT2D eigenvalue weighted by Gasteiger charge is -2.24. The van der Waals surface area contributed by atoms with Gasteiger partial charge in [0.05, 0.1) is 0 Å². The summed E-state index contributed by atoms with van der Waals surface area (Å²) >= 11 is 0. The molecule has 98 valence electrons. The third kappa shape index (κ3) is 1.76. The first-order valence-electron chi connectivity index (χ1n) is 7.19. The van der Waals surface area contributed by atoms with Crippen LogP contribution in [0.25, 0.3) is 10.9 Å². The van der Waals surface area contributed by atoms with Gasteiger partial charge in [0.2, 0.25) is 0 Å². The van der Waals surface area contributed by atoms with Gasteiger partial charge in [-0.1, -0.05) is 6.42 Å². The molecule has 1 aromatic carbocycles. The van der Waals surface area contributed by atoms with E-state index in [4.69, 9.17) is 0 Å². The van der Waals surface area contributed by atoms with Gasteiger partial charge in [-0.3, -0.25) is 4.79 Å². The number of amides is 1. The van der Waals surface area contributed by atoms with Crippen LogP contribution in [0.2, 0.25) is 0 Å². The normalized spacial score (nSPS) is 26.0. The number of nitrogens with one attached hydrogen (secondary N) is 1. The second-order valence-electron chi connectivity index (χ2n) is 5.92. The van der Waals surface area contributed by atoms with Crippen LogP contribution in [-0.4, -0.2) is 28.4 Å². The number of H-pyrrole nitrogens is 1. The summed E-state index contributed by atoms with van der Waals surface area (Å²) in [4.78, 5) is 18.0. The summed E-state index contributed by atoms with van der Waals surface area (Å²) in [6.07, 6.45) is 6.92. The molecule has 0 radical (unpaired) electrons. The van der Waals surface area contributed by atoms with Crippen molar-refractivity contribution in [3.05, 3.63) is 36.0 Å². The van der Waals surface area contributed by atoms with E-state index < -0.39 is 0 Å². The molecular formula is C16H18N2O. The van der Waals surface area contributed by atoms with Crippen molar-refractivity contribution in [2.75, 3.05) is 6.54 Å². The lowest BCUT2D eigenvalue weighted by Crippen LogP contribution is -2.35. The number of hydrogen-bond donors (Lipinski definition) is 1. The average molecular weight is 254 g/mol. The number of benzene rings is 1. The summed E-state index contributed by atoms with van der Waals surface area (Å²) < 4.78 is 0. The molecule has 1 aliphatic carbocycles. The highest BCUT2D eigenvalue weighted by Crippen LogP contribution is 2.36. The summed E-state index contributed by atoms with van der Waals surface area (Å²) in [5, 5.41) is 1.12. The van der Waals surface area contributed by atoms with Crippen LogP contribution < -0.4 is 0 Å². The van der Waals surface area contributed by atoms with Gasteiger partial charge >= 0.3 is 0 Å². The maximum absolute atomic E-state index is 12.7. The lowest BCUT2D eigenvalue weighted by atomic mass is 9.90. The molecule has 2 bridgehead atoms. The van der Waals surface area contributed by atoms with Crippen molar-refractivity contribution in [2.45, 2.75) is 31.7 Å². The van der Waals surface area contributed by atoms with Crippen LogP contribution in [0, 0.1) is 5.92 Å². The van der Waals surface area contributed by atoms with E-state index in [1.54, 1.807) is 0 Å². The molecule has 1 N–H and O–H groups in total. The molecule has 1 saturated carbocycles. The molecule has 0 unspecified atom stereocenters. The number of carbonyl (C=O) groups is 1. The Morgan fingerprint density at radius 1 is 1.26 bits per heavy atom. The summed E-state index contributed by atoms with van der Waals surface area (Å²) in [6.45, 7) is 0.967. The Balaban J connectivity index is 1.66. The molecule has 3 heteroatoms. The smallest absolute Gasteiger partial charge is 0.254 e. The van der Waals surface area contributed by atoms with E-state index in [0.29, 0.717) is 6.04 Å². The molecule has 19 heavy (non-hydrogen) atoms. The van der Waals surface area contributed by atoms with E-state index in [2.05, 4.69) is 9.88 Å². The van der Waals surface area contributed by atoms with Gasteiger partial charge in [-0.15, -0.1) is 0 Å². The Kier molecular flexibility index (Phi) is 2.40. The maximum Gasteiger partial charge on any atom is 0.254 e. The number of likely N-dealkylation sites (tertiary alicyclic amines) is 1. The molecule has 1 saturated heterocycles. The van der Waals surface area contributed by atoms with Gasteiger partial charge in [-0.25, -0.2) is 0 Å². The molecule has 1 amide bonds. The van der Waals surface area contributed by atoms with Crippen LogP contribution in [-0.2, 0) is 0 Å². The number of aromatic amines is 1. The quantitative estimate of drug-likeness (QED) is 0.833. The standard InChI is InChI=1S/C16H18N2O/c19-16(18-10-11-2-1-3-14(18)8-11)13-4-5-15-12(9-13)6-7-17-15/h4-7,9,11,14,17H,1-3,8,10H2/t11-,14-/m0/s1. The van der Waals surface area contributed by atoms with E-state index in [1.807, 2.05) is 30.5 Å². The molecule has 4 rings (SSSR count). The van der Waals surface area contributed by atoms with E-state index >= 15 is 0 Å². The van der Waals surface area contributed by atoms with Gasteiger partial charge in [0.15, 0.2) is 0 Å². The molecule has 2 atom stereocenters. The first-order chi connectivity index (χ1) is 9.31. The van der Waals surface area contributed by atoms with Crippen LogP contribution >= 0.6 is 0 Å². The molecule has 2 fully saturated rings. The molecule has 1 aromatic heterocycles. The predicted octanol–water partition coefficient (Wildman–Crippen LogP) is 3.18. The summed E-state index contributed by atoms with van der Waals surface area (Å²) in [6, 6.07) is 8.48. The zero-order chi connectivity index (χ0) is 12.8. The second-order valence-corrected chi connectivity index (χ2v) is 5.92. The Morgan fingerprint density at radius 2 is 2.21 bits per heavy atom. The van der Waals surface area contributed by atoms with Gasteiger partial charge in [-0.05, 0) is 49.4 Å². The largest absolute Gasteiger partial charge is 0.361 e. The minimum absolute atomic E-state index is 0.220. The first kappa shape index (κ1) is 11.1. The monoisotopic (exact) mass is 254 g/mol. The third-order valence-corrected chi connectivity index (χ3v) is 4.71. The van der Waals surface area contributed by atoms with Crippen molar-refractivity contribution in [2.24, 2.45) is 5.92 Å². The number of rotatable bonds is 1. The zero-order valence-electron chi connectivity index (χ0n) is 10.9. The van der Waals surface area contributed by atoms with Crippen LogP contribution in [0.1, 0.15) is 36.0 Å². The van der Waals surface area contributed by atoms with Gasteiger partial charge in [0.25, 0.3) is 5.91 Å². The lowest BCUT2D eigenvalue weighted by molar-refractivity contribution is 0.0733. The molecule has 2 aliphatic rings. The Labute approximate surface area is 112 Å². The Bertz CT molecular complexity index is 630. The molecule has 3 nitrogen and oxygen atoms in total. The number of aromatic nitrogens is 1. The highest BCUT2D eigenvalue weighted by molar-refractivity contribution is 5.98. The maximum atomic E-state index is 12.7. The highest BCUT2D eigenvalue weighted by atomic mass is 16.2. The first-order valence-corrected chi connectivity index (χ1v) is 7.19. The van der Waals surface area contributed by atoms with Crippen molar-refractivity contribution in [3.8, 4) is 0 Å². The highest BCUT2D eigenvalue weighted by Gasteiger charge is 2.37. The molecule has 0 spiro atoms. The zero-order valence-corrected chi connectivity index (χ0v) is 10.9. The minimum Gasteiger partial charge on any atom is -0.361 e. The van der Waals surface area contributed by atoms with Crippen molar-refractivity contribution < 1.29 is 4.79 Å². The van der Waals surface area contributed by atoms with E-state index in [1.165, 1.54) is 25.7 Å². The second kappa shape index (κ2) is 4.12. The van der Waals surface area contributed by atoms with Crippen molar-refractivity contribution in [1.82, 2.24) is 9.88 Å². The molecule has 2 aromatic rings. The van der Waals surface area contributed by atoms with Gasteiger partial charge in [0, 0.05) is 35.2 Å². The molecule has 1 aliphatic heterocycles. The number of nitrogens with zero attached hydrogens (tertiary/aromatic N) is 1. The van der Waals surface area contributed by atoms with E-state index in [0.717, 1.165) is 28.9 Å². The van der Waals surface area contributed by atoms with E-state index in [9.17, 15) is 4.79 Å². The summed E-state index contributed by atoms with van der Waals surface area (Å²) in [7, 11) is 0. The molecular weight excluding hydrogens is 236 g/mol. The SMILES string of the molecule is O=C(c1ccc2[nH]ccc2c1)N1C[C@H]2CCC[C@H]1C2. The predicted molar refractivity (Wildman–Crippen MR) is 75.1 cm³/mol. The van der Waals surface area contributed by atoms with Crippen molar-refractivity contribution in [1.29, 1.82) is 0 Å². The van der Waals surface area contributed by atoms with Crippen LogP contribution in [0.3, 0.4) is 0 Å². The third-order valence-electron chi connectivity index (χ3n) is 4.71. The van der Waals surface area contributed by atoms with Gasteiger partial charge < -0.3 is 9.88 Å². The van der Waals surface area contributed by atoms with Crippen molar-refractivity contribution >= 4 is 16.8 Å². The Morgan fingerprint density at radius 3 is 3.11 bits per heavy atom. The number of carbonyl (C=O) groups excluding carboxylic acids is 1. The van der Waals surface area contributed by atoms with Crippen LogP contribution in [0.4, 0.5) is 0 Å². The fourth-order valence-corrected chi connectivity index (χ4v) is 3.74.